The smallest absolute Gasteiger partial charge is 0.229 e. The first-order valence-electron chi connectivity index (χ1n) is 8.17. The first kappa shape index (κ1) is 17.5. The van der Waals surface area contributed by atoms with E-state index in [-0.39, 0.29) is 24.2 Å². The molecule has 1 saturated heterocycles. The SMILES string of the molecule is CCOc1ccccc1N1C[C@@H](C(=O)Nc2cccc(Br)c2)CC1=O. The third kappa shape index (κ3) is 4.02. The van der Waals surface area contributed by atoms with Crippen LogP contribution in [-0.2, 0) is 9.59 Å². The van der Waals surface area contributed by atoms with Gasteiger partial charge in [-0.15, -0.1) is 0 Å². The molecule has 1 aliphatic rings. The van der Waals surface area contributed by atoms with Crippen molar-refractivity contribution in [1.82, 2.24) is 0 Å². The summed E-state index contributed by atoms with van der Waals surface area (Å²) in [6.45, 7) is 2.77. The second-order valence-electron chi connectivity index (χ2n) is 5.81. The van der Waals surface area contributed by atoms with Crippen LogP contribution in [0.2, 0.25) is 0 Å². The fourth-order valence-corrected chi connectivity index (χ4v) is 3.28. The number of hydrogen-bond acceptors (Lipinski definition) is 3. The standard InChI is InChI=1S/C19H19BrN2O3/c1-2-25-17-9-4-3-8-16(17)22-12-13(10-18(22)23)19(24)21-15-7-5-6-14(20)11-15/h3-9,11,13H,2,10,12H2,1H3,(H,21,24)/t13-/m0/s1. The lowest BCUT2D eigenvalue weighted by Crippen LogP contribution is -2.28. The highest BCUT2D eigenvalue weighted by Crippen LogP contribution is 2.33. The molecule has 25 heavy (non-hydrogen) atoms. The minimum Gasteiger partial charge on any atom is -0.492 e. The Hall–Kier alpha value is -2.34. The molecule has 1 fully saturated rings. The van der Waals surface area contributed by atoms with Gasteiger partial charge in [-0.2, -0.15) is 0 Å². The van der Waals surface area contributed by atoms with Crippen molar-refractivity contribution in [2.75, 3.05) is 23.4 Å². The average molecular weight is 403 g/mol. The first-order chi connectivity index (χ1) is 12.1. The summed E-state index contributed by atoms with van der Waals surface area (Å²) in [7, 11) is 0. The molecule has 1 N–H and O–H groups in total. The highest BCUT2D eigenvalue weighted by atomic mass is 79.9. The van der Waals surface area contributed by atoms with Crippen LogP contribution < -0.4 is 15.0 Å². The number of amides is 2. The number of rotatable bonds is 5. The highest BCUT2D eigenvalue weighted by Gasteiger charge is 2.36. The van der Waals surface area contributed by atoms with Crippen LogP contribution in [0.3, 0.4) is 0 Å². The Morgan fingerprint density at radius 3 is 2.84 bits per heavy atom. The van der Waals surface area contributed by atoms with Gasteiger partial charge in [0, 0.05) is 23.1 Å². The topological polar surface area (TPSA) is 58.6 Å². The van der Waals surface area contributed by atoms with E-state index in [9.17, 15) is 9.59 Å². The lowest BCUT2D eigenvalue weighted by Gasteiger charge is -2.20. The average Bonchev–Trinajstić information content (AvgIpc) is 2.97. The minimum absolute atomic E-state index is 0.0680. The van der Waals surface area contributed by atoms with Crippen LogP contribution in [-0.4, -0.2) is 25.0 Å². The third-order valence-corrected chi connectivity index (χ3v) is 4.54. The summed E-state index contributed by atoms with van der Waals surface area (Å²) in [4.78, 5) is 26.6. The number of hydrogen-bond donors (Lipinski definition) is 1. The summed E-state index contributed by atoms with van der Waals surface area (Å²) < 4.78 is 6.49. The van der Waals surface area contributed by atoms with Crippen molar-refractivity contribution in [1.29, 1.82) is 0 Å². The predicted molar refractivity (Wildman–Crippen MR) is 101 cm³/mol. The summed E-state index contributed by atoms with van der Waals surface area (Å²) in [5, 5.41) is 2.88. The van der Waals surface area contributed by atoms with Crippen molar-refractivity contribution in [2.45, 2.75) is 13.3 Å². The molecule has 130 valence electrons. The molecule has 0 radical (unpaired) electrons. The van der Waals surface area contributed by atoms with Gasteiger partial charge in [-0.25, -0.2) is 0 Å². The third-order valence-electron chi connectivity index (χ3n) is 4.04. The normalized spacial score (nSPS) is 16.8. The van der Waals surface area contributed by atoms with Crippen LogP contribution >= 0.6 is 15.9 Å². The number of nitrogens with zero attached hydrogens (tertiary/aromatic N) is 1. The van der Waals surface area contributed by atoms with Gasteiger partial charge in [0.2, 0.25) is 11.8 Å². The molecule has 0 aliphatic carbocycles. The summed E-state index contributed by atoms with van der Waals surface area (Å²) >= 11 is 3.38. The van der Waals surface area contributed by atoms with Gasteiger partial charge in [0.15, 0.2) is 0 Å². The largest absolute Gasteiger partial charge is 0.492 e. The van der Waals surface area contributed by atoms with Crippen molar-refractivity contribution in [3.63, 3.8) is 0 Å². The van der Waals surface area contributed by atoms with E-state index in [2.05, 4.69) is 21.2 Å². The Kier molecular flexibility index (Phi) is 5.38. The maximum atomic E-state index is 12.5. The monoisotopic (exact) mass is 402 g/mol. The fourth-order valence-electron chi connectivity index (χ4n) is 2.88. The Labute approximate surface area is 155 Å². The van der Waals surface area contributed by atoms with Gasteiger partial charge in [0.25, 0.3) is 0 Å². The van der Waals surface area contributed by atoms with E-state index in [0.717, 1.165) is 4.47 Å². The molecule has 1 heterocycles. The van der Waals surface area contributed by atoms with Gasteiger partial charge in [-0.3, -0.25) is 9.59 Å². The molecular formula is C19H19BrN2O3. The molecule has 1 atom stereocenters. The number of halogens is 1. The van der Waals surface area contributed by atoms with Gasteiger partial charge in [0.1, 0.15) is 5.75 Å². The zero-order valence-electron chi connectivity index (χ0n) is 13.9. The van der Waals surface area contributed by atoms with Crippen molar-refractivity contribution < 1.29 is 14.3 Å². The molecule has 0 saturated carbocycles. The molecule has 2 aromatic rings. The predicted octanol–water partition coefficient (Wildman–Crippen LogP) is 3.84. The zero-order chi connectivity index (χ0) is 17.8. The molecule has 0 spiro atoms. The first-order valence-corrected chi connectivity index (χ1v) is 8.96. The molecule has 5 nitrogen and oxygen atoms in total. The Bertz CT molecular complexity index is 794. The van der Waals surface area contributed by atoms with Crippen LogP contribution in [0.5, 0.6) is 5.75 Å². The lowest BCUT2D eigenvalue weighted by atomic mass is 10.1. The van der Waals surface area contributed by atoms with Crippen LogP contribution in [0.25, 0.3) is 0 Å². The second-order valence-corrected chi connectivity index (χ2v) is 6.72. The van der Waals surface area contributed by atoms with E-state index in [1.54, 1.807) is 4.90 Å². The summed E-state index contributed by atoms with van der Waals surface area (Å²) in [6, 6.07) is 14.8. The van der Waals surface area contributed by atoms with E-state index in [1.807, 2.05) is 55.5 Å². The zero-order valence-corrected chi connectivity index (χ0v) is 15.5. The number of carbonyl (C=O) groups excluding carboxylic acids is 2. The summed E-state index contributed by atoms with van der Waals surface area (Å²) in [6.07, 6.45) is 0.195. The van der Waals surface area contributed by atoms with Gasteiger partial charge >= 0.3 is 0 Å². The molecule has 2 aromatic carbocycles. The van der Waals surface area contributed by atoms with Crippen LogP contribution in [0.1, 0.15) is 13.3 Å². The molecule has 3 rings (SSSR count). The van der Waals surface area contributed by atoms with Crippen molar-refractivity contribution in [3.05, 3.63) is 53.0 Å². The van der Waals surface area contributed by atoms with Crippen LogP contribution in [0, 0.1) is 5.92 Å². The molecule has 0 unspecified atom stereocenters. The number of ether oxygens (including phenoxy) is 1. The molecule has 6 heteroatoms. The number of para-hydroxylation sites is 2. The molecular weight excluding hydrogens is 384 g/mol. The highest BCUT2D eigenvalue weighted by molar-refractivity contribution is 9.10. The maximum absolute atomic E-state index is 12.5. The van der Waals surface area contributed by atoms with E-state index in [0.29, 0.717) is 30.3 Å². The van der Waals surface area contributed by atoms with Crippen molar-refractivity contribution >= 4 is 39.1 Å². The van der Waals surface area contributed by atoms with Gasteiger partial charge in [-0.1, -0.05) is 34.1 Å². The lowest BCUT2D eigenvalue weighted by molar-refractivity contribution is -0.122. The summed E-state index contributed by atoms with van der Waals surface area (Å²) in [5.41, 5.74) is 1.42. The molecule has 0 aromatic heterocycles. The minimum atomic E-state index is -0.388. The Morgan fingerprint density at radius 2 is 2.08 bits per heavy atom. The Balaban J connectivity index is 1.73. The Morgan fingerprint density at radius 1 is 1.28 bits per heavy atom. The van der Waals surface area contributed by atoms with Gasteiger partial charge in [0.05, 0.1) is 18.2 Å². The van der Waals surface area contributed by atoms with Crippen LogP contribution in [0.15, 0.2) is 53.0 Å². The van der Waals surface area contributed by atoms with Gasteiger partial charge in [-0.05, 0) is 37.3 Å². The maximum Gasteiger partial charge on any atom is 0.229 e. The number of nitrogens with one attached hydrogen (secondary N) is 1. The number of benzene rings is 2. The van der Waals surface area contributed by atoms with E-state index >= 15 is 0 Å². The molecule has 2 amide bonds. The van der Waals surface area contributed by atoms with E-state index in [1.165, 1.54) is 0 Å². The van der Waals surface area contributed by atoms with Gasteiger partial charge < -0.3 is 15.0 Å². The van der Waals surface area contributed by atoms with E-state index < -0.39 is 0 Å². The second kappa shape index (κ2) is 7.70. The van der Waals surface area contributed by atoms with E-state index in [4.69, 9.17) is 4.74 Å². The molecule has 1 aliphatic heterocycles. The number of anilines is 2. The number of carbonyl (C=O) groups is 2. The summed E-state index contributed by atoms with van der Waals surface area (Å²) in [5.74, 6) is 0.0527. The van der Waals surface area contributed by atoms with Crippen LogP contribution in [0.4, 0.5) is 11.4 Å². The fraction of sp³-hybridized carbons (Fsp3) is 0.263. The van der Waals surface area contributed by atoms with Crippen molar-refractivity contribution in [2.24, 2.45) is 5.92 Å². The van der Waals surface area contributed by atoms with Crippen molar-refractivity contribution in [3.8, 4) is 5.75 Å². The molecule has 0 bridgehead atoms. The quantitative estimate of drug-likeness (QED) is 0.826.